The van der Waals surface area contributed by atoms with Crippen molar-refractivity contribution in [2.45, 2.75) is 20.4 Å². The fraction of sp³-hybridized carbons (Fsp3) is 0.158. The van der Waals surface area contributed by atoms with Gasteiger partial charge in [-0.2, -0.15) is 5.10 Å². The van der Waals surface area contributed by atoms with E-state index >= 15 is 0 Å². The Morgan fingerprint density at radius 3 is 2.73 bits per heavy atom. The lowest BCUT2D eigenvalue weighted by Crippen LogP contribution is -2.13. The molecular formula is C19H16BrClFN3O. The summed E-state index contributed by atoms with van der Waals surface area (Å²) in [6, 6.07) is 11.4. The van der Waals surface area contributed by atoms with Crippen LogP contribution in [0.2, 0.25) is 5.02 Å². The first-order chi connectivity index (χ1) is 12.3. The predicted molar refractivity (Wildman–Crippen MR) is 104 cm³/mol. The lowest BCUT2D eigenvalue weighted by molar-refractivity contribution is 0.102. The molecule has 0 unspecified atom stereocenters. The Balaban J connectivity index is 1.85. The largest absolute Gasteiger partial charge is 0.319 e. The third kappa shape index (κ3) is 3.97. The molecule has 4 nitrogen and oxygen atoms in total. The highest BCUT2D eigenvalue weighted by Gasteiger charge is 2.16. The first-order valence-electron chi connectivity index (χ1n) is 7.90. The SMILES string of the molecule is Cc1nn(Cc2ccc(F)cc2Cl)c(C)c1NC(=O)c1cccc(Br)c1. The van der Waals surface area contributed by atoms with E-state index in [1.807, 2.05) is 19.9 Å². The number of carbonyl (C=O) groups is 1. The Labute approximate surface area is 164 Å². The highest BCUT2D eigenvalue weighted by Crippen LogP contribution is 2.24. The molecule has 0 saturated carbocycles. The van der Waals surface area contributed by atoms with E-state index in [1.165, 1.54) is 12.1 Å². The molecule has 0 radical (unpaired) electrons. The molecule has 0 saturated heterocycles. The summed E-state index contributed by atoms with van der Waals surface area (Å²) in [5.74, 6) is -0.592. The van der Waals surface area contributed by atoms with Gasteiger partial charge in [-0.1, -0.05) is 39.7 Å². The van der Waals surface area contributed by atoms with Crippen LogP contribution in [0.5, 0.6) is 0 Å². The number of rotatable bonds is 4. The molecule has 1 N–H and O–H groups in total. The van der Waals surface area contributed by atoms with E-state index in [9.17, 15) is 9.18 Å². The number of carbonyl (C=O) groups excluding carboxylic acids is 1. The van der Waals surface area contributed by atoms with Crippen LogP contribution in [0, 0.1) is 19.7 Å². The van der Waals surface area contributed by atoms with Gasteiger partial charge in [-0.3, -0.25) is 9.48 Å². The molecule has 0 aliphatic rings. The molecule has 0 spiro atoms. The van der Waals surface area contributed by atoms with Crippen LogP contribution in [0.25, 0.3) is 0 Å². The first kappa shape index (κ1) is 18.6. The van der Waals surface area contributed by atoms with E-state index in [-0.39, 0.29) is 11.7 Å². The maximum atomic E-state index is 13.2. The van der Waals surface area contributed by atoms with Crippen LogP contribution in [0.15, 0.2) is 46.9 Å². The van der Waals surface area contributed by atoms with Crippen molar-refractivity contribution in [3.05, 3.63) is 80.3 Å². The summed E-state index contributed by atoms with van der Waals surface area (Å²) in [7, 11) is 0. The van der Waals surface area contributed by atoms with Gasteiger partial charge in [-0.25, -0.2) is 4.39 Å². The number of aromatic nitrogens is 2. The van der Waals surface area contributed by atoms with Gasteiger partial charge in [0.2, 0.25) is 0 Å². The molecule has 0 bridgehead atoms. The van der Waals surface area contributed by atoms with E-state index in [0.29, 0.717) is 28.5 Å². The van der Waals surface area contributed by atoms with E-state index in [1.54, 1.807) is 28.9 Å². The van der Waals surface area contributed by atoms with Gasteiger partial charge in [-0.15, -0.1) is 0 Å². The van der Waals surface area contributed by atoms with Crippen molar-refractivity contribution in [2.24, 2.45) is 0 Å². The van der Waals surface area contributed by atoms with E-state index in [2.05, 4.69) is 26.3 Å². The summed E-state index contributed by atoms with van der Waals surface area (Å²) >= 11 is 9.46. The van der Waals surface area contributed by atoms with Gasteiger partial charge in [0.15, 0.2) is 0 Å². The van der Waals surface area contributed by atoms with Gasteiger partial charge in [0.25, 0.3) is 5.91 Å². The molecule has 7 heteroatoms. The molecule has 2 aromatic carbocycles. The summed E-state index contributed by atoms with van der Waals surface area (Å²) in [4.78, 5) is 12.5. The summed E-state index contributed by atoms with van der Waals surface area (Å²) < 4.78 is 15.8. The van der Waals surface area contributed by atoms with Crippen LogP contribution in [-0.2, 0) is 6.54 Å². The zero-order valence-corrected chi connectivity index (χ0v) is 16.5. The minimum Gasteiger partial charge on any atom is -0.319 e. The van der Waals surface area contributed by atoms with Crippen LogP contribution in [0.4, 0.5) is 10.1 Å². The van der Waals surface area contributed by atoms with Crippen molar-refractivity contribution >= 4 is 39.1 Å². The number of benzene rings is 2. The number of aryl methyl sites for hydroxylation is 1. The molecule has 0 atom stereocenters. The molecule has 0 aliphatic heterocycles. The number of amides is 1. The molecule has 1 heterocycles. The highest BCUT2D eigenvalue weighted by atomic mass is 79.9. The van der Waals surface area contributed by atoms with Crippen molar-refractivity contribution in [1.29, 1.82) is 0 Å². The van der Waals surface area contributed by atoms with Crippen LogP contribution < -0.4 is 5.32 Å². The molecule has 1 amide bonds. The second-order valence-electron chi connectivity index (χ2n) is 5.90. The molecule has 0 fully saturated rings. The smallest absolute Gasteiger partial charge is 0.255 e. The van der Waals surface area contributed by atoms with E-state index < -0.39 is 0 Å². The molecule has 3 aromatic rings. The van der Waals surface area contributed by atoms with Gasteiger partial charge in [-0.05, 0) is 49.7 Å². The van der Waals surface area contributed by atoms with E-state index in [0.717, 1.165) is 15.7 Å². The second kappa shape index (κ2) is 7.60. The van der Waals surface area contributed by atoms with Gasteiger partial charge in [0, 0.05) is 15.1 Å². The molecular weight excluding hydrogens is 421 g/mol. The van der Waals surface area contributed by atoms with Crippen molar-refractivity contribution in [3.63, 3.8) is 0 Å². The fourth-order valence-electron chi connectivity index (χ4n) is 2.66. The van der Waals surface area contributed by atoms with Gasteiger partial charge in [0.1, 0.15) is 5.82 Å². The fourth-order valence-corrected chi connectivity index (χ4v) is 3.28. The standard InChI is InChI=1S/C19H16BrClFN3O/c1-11-18(23-19(26)13-4-3-5-15(20)8-13)12(2)25(24-11)10-14-6-7-16(22)9-17(14)21/h3-9H,10H2,1-2H3,(H,23,26). The normalized spacial score (nSPS) is 10.8. The summed E-state index contributed by atoms with van der Waals surface area (Å²) in [5.41, 5.74) is 3.46. The predicted octanol–water partition coefficient (Wildman–Crippen LogP) is 5.36. The van der Waals surface area contributed by atoms with Crippen molar-refractivity contribution < 1.29 is 9.18 Å². The topological polar surface area (TPSA) is 46.9 Å². The minimum atomic E-state index is -0.380. The Hall–Kier alpha value is -2.18. The lowest BCUT2D eigenvalue weighted by Gasteiger charge is -2.09. The van der Waals surface area contributed by atoms with Crippen molar-refractivity contribution in [1.82, 2.24) is 9.78 Å². The number of anilines is 1. The molecule has 1 aromatic heterocycles. The highest BCUT2D eigenvalue weighted by molar-refractivity contribution is 9.10. The Morgan fingerprint density at radius 2 is 2.04 bits per heavy atom. The summed E-state index contributed by atoms with van der Waals surface area (Å²) in [6.07, 6.45) is 0. The Kier molecular flexibility index (Phi) is 5.44. The average Bonchev–Trinajstić information content (AvgIpc) is 2.85. The van der Waals surface area contributed by atoms with Crippen LogP contribution in [0.1, 0.15) is 27.3 Å². The first-order valence-corrected chi connectivity index (χ1v) is 9.07. The van der Waals surface area contributed by atoms with Gasteiger partial charge in [0.05, 0.1) is 23.6 Å². The van der Waals surface area contributed by atoms with Crippen LogP contribution in [0.3, 0.4) is 0 Å². The monoisotopic (exact) mass is 435 g/mol. The zero-order valence-electron chi connectivity index (χ0n) is 14.2. The maximum Gasteiger partial charge on any atom is 0.255 e. The quantitative estimate of drug-likeness (QED) is 0.599. The lowest BCUT2D eigenvalue weighted by atomic mass is 10.2. The molecule has 26 heavy (non-hydrogen) atoms. The van der Waals surface area contributed by atoms with Gasteiger partial charge < -0.3 is 5.32 Å². The summed E-state index contributed by atoms with van der Waals surface area (Å²) in [6.45, 7) is 4.08. The number of nitrogens with one attached hydrogen (secondary N) is 1. The number of nitrogens with zero attached hydrogens (tertiary/aromatic N) is 2. The molecule has 0 aliphatic carbocycles. The van der Waals surface area contributed by atoms with E-state index in [4.69, 9.17) is 11.6 Å². The maximum absolute atomic E-state index is 13.2. The minimum absolute atomic E-state index is 0.211. The van der Waals surface area contributed by atoms with Crippen molar-refractivity contribution in [2.75, 3.05) is 5.32 Å². The number of hydrogen-bond acceptors (Lipinski definition) is 2. The Morgan fingerprint density at radius 1 is 1.27 bits per heavy atom. The number of hydrogen-bond donors (Lipinski definition) is 1. The van der Waals surface area contributed by atoms with Gasteiger partial charge >= 0.3 is 0 Å². The molecule has 3 rings (SSSR count). The zero-order chi connectivity index (χ0) is 18.8. The van der Waals surface area contributed by atoms with Crippen LogP contribution >= 0.6 is 27.5 Å². The third-order valence-electron chi connectivity index (χ3n) is 4.04. The second-order valence-corrected chi connectivity index (χ2v) is 7.23. The summed E-state index contributed by atoms with van der Waals surface area (Å²) in [5, 5.41) is 7.73. The molecule has 134 valence electrons. The Bertz CT molecular complexity index is 987. The number of halogens is 3. The van der Waals surface area contributed by atoms with Crippen molar-refractivity contribution in [3.8, 4) is 0 Å². The van der Waals surface area contributed by atoms with Crippen LogP contribution in [-0.4, -0.2) is 15.7 Å². The third-order valence-corrected chi connectivity index (χ3v) is 4.89. The average molecular weight is 437 g/mol.